The van der Waals surface area contributed by atoms with E-state index in [1.54, 1.807) is 0 Å². The van der Waals surface area contributed by atoms with Crippen LogP contribution in [0.5, 0.6) is 5.75 Å². The van der Waals surface area contributed by atoms with E-state index in [2.05, 4.69) is 66.7 Å². The van der Waals surface area contributed by atoms with Crippen LogP contribution in [0.15, 0.2) is 18.2 Å². The summed E-state index contributed by atoms with van der Waals surface area (Å²) in [5, 5.41) is 0. The Morgan fingerprint density at radius 2 is 1.68 bits per heavy atom. The Balaban J connectivity index is 2.93. The SMILES string of the molecule is [CH2]CCC(=O)OCCOc1ccc(C(C)(C)CC)cc1C(C)(C)CC. The summed E-state index contributed by atoms with van der Waals surface area (Å²) in [6.07, 6.45) is 3.03. The van der Waals surface area contributed by atoms with Crippen molar-refractivity contribution in [2.24, 2.45) is 0 Å². The molecule has 0 amide bonds. The van der Waals surface area contributed by atoms with Crippen LogP contribution in [-0.4, -0.2) is 19.2 Å². The van der Waals surface area contributed by atoms with Crippen molar-refractivity contribution in [3.63, 3.8) is 0 Å². The van der Waals surface area contributed by atoms with Crippen molar-refractivity contribution in [3.8, 4) is 5.75 Å². The van der Waals surface area contributed by atoms with Crippen LogP contribution in [0.2, 0.25) is 0 Å². The van der Waals surface area contributed by atoms with Crippen LogP contribution < -0.4 is 4.74 Å². The molecule has 0 atom stereocenters. The molecule has 1 aromatic carbocycles. The molecule has 1 rings (SSSR count). The van der Waals surface area contributed by atoms with Crippen LogP contribution in [0.25, 0.3) is 0 Å². The maximum Gasteiger partial charge on any atom is 0.305 e. The van der Waals surface area contributed by atoms with Gasteiger partial charge in [-0.2, -0.15) is 0 Å². The number of esters is 1. The van der Waals surface area contributed by atoms with Gasteiger partial charge in [0.2, 0.25) is 0 Å². The van der Waals surface area contributed by atoms with Crippen LogP contribution in [0.1, 0.15) is 78.4 Å². The van der Waals surface area contributed by atoms with Gasteiger partial charge in [0.25, 0.3) is 0 Å². The molecule has 0 saturated heterocycles. The summed E-state index contributed by atoms with van der Waals surface area (Å²) in [5.74, 6) is 0.670. The first-order valence-electron chi connectivity index (χ1n) is 9.40. The number of carbonyl (C=O) groups is 1. The second-order valence-electron chi connectivity index (χ2n) is 7.86. The fraction of sp³-hybridized carbons (Fsp3) is 0.636. The summed E-state index contributed by atoms with van der Waals surface area (Å²) in [5.41, 5.74) is 2.72. The Hall–Kier alpha value is -1.51. The Morgan fingerprint density at radius 1 is 1.04 bits per heavy atom. The minimum atomic E-state index is -0.215. The molecule has 1 aromatic rings. The normalized spacial score (nSPS) is 12.1. The highest BCUT2D eigenvalue weighted by Crippen LogP contribution is 2.38. The zero-order valence-electron chi connectivity index (χ0n) is 16.9. The van der Waals surface area contributed by atoms with Crippen LogP contribution in [0, 0.1) is 6.92 Å². The summed E-state index contributed by atoms with van der Waals surface area (Å²) in [7, 11) is 0. The molecule has 0 aliphatic rings. The Bertz CT molecular complexity index is 558. The van der Waals surface area contributed by atoms with E-state index in [1.165, 1.54) is 11.1 Å². The van der Waals surface area contributed by atoms with Gasteiger partial charge in [0, 0.05) is 12.0 Å². The maximum absolute atomic E-state index is 11.4. The summed E-state index contributed by atoms with van der Waals surface area (Å²) in [6.45, 7) is 17.7. The fourth-order valence-corrected chi connectivity index (χ4v) is 2.52. The molecule has 25 heavy (non-hydrogen) atoms. The molecular weight excluding hydrogens is 312 g/mol. The second-order valence-corrected chi connectivity index (χ2v) is 7.86. The number of carbonyl (C=O) groups excluding carboxylic acids is 1. The molecule has 0 aliphatic heterocycles. The lowest BCUT2D eigenvalue weighted by atomic mass is 9.76. The molecule has 0 saturated carbocycles. The van der Waals surface area contributed by atoms with E-state index in [4.69, 9.17) is 9.47 Å². The minimum absolute atomic E-state index is 0.0275. The number of benzene rings is 1. The lowest BCUT2D eigenvalue weighted by Gasteiger charge is -2.30. The quantitative estimate of drug-likeness (QED) is 0.408. The predicted octanol–water partition coefficient (Wildman–Crippen LogP) is 5.60. The van der Waals surface area contributed by atoms with Gasteiger partial charge in [-0.05, 0) is 41.7 Å². The molecule has 0 bridgehead atoms. The van der Waals surface area contributed by atoms with Crippen molar-refractivity contribution in [2.45, 2.75) is 78.1 Å². The third kappa shape index (κ3) is 6.05. The van der Waals surface area contributed by atoms with E-state index in [0.29, 0.717) is 19.4 Å². The van der Waals surface area contributed by atoms with E-state index >= 15 is 0 Å². The smallest absolute Gasteiger partial charge is 0.305 e. The van der Waals surface area contributed by atoms with Crippen LogP contribution in [0.3, 0.4) is 0 Å². The van der Waals surface area contributed by atoms with E-state index in [1.807, 2.05) is 0 Å². The molecule has 1 radical (unpaired) electrons. The van der Waals surface area contributed by atoms with Gasteiger partial charge in [-0.3, -0.25) is 4.79 Å². The molecule has 0 heterocycles. The third-order valence-electron chi connectivity index (χ3n) is 5.24. The molecule has 0 unspecified atom stereocenters. The summed E-state index contributed by atoms with van der Waals surface area (Å²) in [6, 6.07) is 6.51. The van der Waals surface area contributed by atoms with E-state index in [9.17, 15) is 4.79 Å². The van der Waals surface area contributed by atoms with Gasteiger partial charge in [-0.25, -0.2) is 0 Å². The van der Waals surface area contributed by atoms with Crippen LogP contribution in [0.4, 0.5) is 0 Å². The van der Waals surface area contributed by atoms with Crippen LogP contribution in [-0.2, 0) is 20.4 Å². The highest BCUT2D eigenvalue weighted by atomic mass is 16.6. The van der Waals surface area contributed by atoms with Crippen molar-refractivity contribution in [1.82, 2.24) is 0 Å². The zero-order chi connectivity index (χ0) is 19.1. The first kappa shape index (κ1) is 21.5. The lowest BCUT2D eigenvalue weighted by molar-refractivity contribution is -0.144. The van der Waals surface area contributed by atoms with Gasteiger partial charge in [-0.15, -0.1) is 0 Å². The molecule has 141 valence electrons. The van der Waals surface area contributed by atoms with E-state index < -0.39 is 0 Å². The highest BCUT2D eigenvalue weighted by molar-refractivity contribution is 5.69. The predicted molar refractivity (Wildman–Crippen MR) is 104 cm³/mol. The molecule has 0 aliphatic carbocycles. The lowest BCUT2D eigenvalue weighted by Crippen LogP contribution is -2.22. The topological polar surface area (TPSA) is 35.5 Å². The number of hydrogen-bond acceptors (Lipinski definition) is 3. The summed E-state index contributed by atoms with van der Waals surface area (Å²) < 4.78 is 11.1. The first-order chi connectivity index (χ1) is 11.7. The van der Waals surface area contributed by atoms with Crippen molar-refractivity contribution in [3.05, 3.63) is 36.2 Å². The van der Waals surface area contributed by atoms with Crippen molar-refractivity contribution in [2.75, 3.05) is 13.2 Å². The second kappa shape index (κ2) is 9.26. The molecule has 3 nitrogen and oxygen atoms in total. The van der Waals surface area contributed by atoms with E-state index in [-0.39, 0.29) is 23.4 Å². The molecule has 0 fully saturated rings. The van der Waals surface area contributed by atoms with Gasteiger partial charge in [0.1, 0.15) is 19.0 Å². The largest absolute Gasteiger partial charge is 0.490 e. The fourth-order valence-electron chi connectivity index (χ4n) is 2.52. The molecular formula is C22H35O3. The van der Waals surface area contributed by atoms with E-state index in [0.717, 1.165) is 18.6 Å². The van der Waals surface area contributed by atoms with Crippen molar-refractivity contribution in [1.29, 1.82) is 0 Å². The number of hydrogen-bond donors (Lipinski definition) is 0. The molecule has 0 N–H and O–H groups in total. The number of rotatable bonds is 10. The van der Waals surface area contributed by atoms with Crippen LogP contribution >= 0.6 is 0 Å². The minimum Gasteiger partial charge on any atom is -0.490 e. The Kier molecular flexibility index (Phi) is 7.98. The van der Waals surface area contributed by atoms with Gasteiger partial charge in [0.05, 0.1) is 0 Å². The van der Waals surface area contributed by atoms with Crippen molar-refractivity contribution >= 4 is 5.97 Å². The zero-order valence-corrected chi connectivity index (χ0v) is 16.9. The summed E-state index contributed by atoms with van der Waals surface area (Å²) in [4.78, 5) is 11.4. The van der Waals surface area contributed by atoms with Gasteiger partial charge >= 0.3 is 5.97 Å². The standard InChI is InChI=1S/C22H35O3/c1-8-11-20(23)25-15-14-24-19-13-12-17(21(4,5)9-2)16-18(19)22(6,7)10-3/h12-13,16H,1,8-11,14-15H2,2-7H3. The average Bonchev–Trinajstić information content (AvgIpc) is 2.58. The first-order valence-corrected chi connectivity index (χ1v) is 9.40. The monoisotopic (exact) mass is 347 g/mol. The highest BCUT2D eigenvalue weighted by Gasteiger charge is 2.26. The maximum atomic E-state index is 11.4. The van der Waals surface area contributed by atoms with Gasteiger partial charge < -0.3 is 9.47 Å². The number of ether oxygens (including phenoxy) is 2. The average molecular weight is 348 g/mol. The van der Waals surface area contributed by atoms with Gasteiger partial charge in [0.15, 0.2) is 0 Å². The molecule has 0 spiro atoms. The molecule has 0 aromatic heterocycles. The Labute approximate surface area is 154 Å². The van der Waals surface area contributed by atoms with Gasteiger partial charge in [-0.1, -0.05) is 60.6 Å². The Morgan fingerprint density at radius 3 is 2.24 bits per heavy atom. The third-order valence-corrected chi connectivity index (χ3v) is 5.24. The molecule has 3 heteroatoms. The summed E-state index contributed by atoms with van der Waals surface area (Å²) >= 11 is 0. The van der Waals surface area contributed by atoms with Crippen molar-refractivity contribution < 1.29 is 14.3 Å².